The van der Waals surface area contributed by atoms with Gasteiger partial charge in [0.2, 0.25) is 0 Å². The Hall–Kier alpha value is -0.900. The molecule has 0 unspecified atom stereocenters. The molecule has 0 bridgehead atoms. The zero-order valence-electron chi connectivity index (χ0n) is 15.0. The van der Waals surface area contributed by atoms with Crippen molar-refractivity contribution >= 4 is 0 Å². The lowest BCUT2D eigenvalue weighted by molar-refractivity contribution is 0.132. The molecule has 2 atom stereocenters. The van der Waals surface area contributed by atoms with Crippen LogP contribution in [0.2, 0.25) is 0 Å². The van der Waals surface area contributed by atoms with E-state index in [2.05, 4.69) is 59.1 Å². The molecule has 2 heterocycles. The monoisotopic (exact) mass is 315 g/mol. The van der Waals surface area contributed by atoms with Gasteiger partial charge >= 0.3 is 0 Å². The minimum absolute atomic E-state index is 0.844. The molecule has 2 saturated heterocycles. The van der Waals surface area contributed by atoms with Gasteiger partial charge in [-0.25, -0.2) is 0 Å². The molecule has 0 amide bonds. The van der Waals surface area contributed by atoms with Crippen LogP contribution in [0.4, 0.5) is 0 Å². The molecule has 0 aliphatic carbocycles. The minimum Gasteiger partial charge on any atom is -0.306 e. The SMILES string of the molecule is CN1CC[C@@H](CN(C)C[C@H]2CCCN(Cc3ccccc3)C2)C1. The lowest BCUT2D eigenvalue weighted by atomic mass is 9.96. The first-order valence-electron chi connectivity index (χ1n) is 9.32. The third-order valence-electron chi connectivity index (χ3n) is 5.48. The summed E-state index contributed by atoms with van der Waals surface area (Å²) in [5, 5.41) is 0. The predicted octanol–water partition coefficient (Wildman–Crippen LogP) is 2.78. The number of nitrogens with zero attached hydrogens (tertiary/aromatic N) is 3. The van der Waals surface area contributed by atoms with E-state index in [0.29, 0.717) is 0 Å². The van der Waals surface area contributed by atoms with Crippen LogP contribution in [0.5, 0.6) is 0 Å². The number of benzene rings is 1. The van der Waals surface area contributed by atoms with Crippen molar-refractivity contribution in [2.24, 2.45) is 11.8 Å². The van der Waals surface area contributed by atoms with Crippen LogP contribution in [0, 0.1) is 11.8 Å². The van der Waals surface area contributed by atoms with Crippen LogP contribution in [0.1, 0.15) is 24.8 Å². The van der Waals surface area contributed by atoms with E-state index in [-0.39, 0.29) is 0 Å². The molecule has 0 aromatic heterocycles. The van der Waals surface area contributed by atoms with Gasteiger partial charge in [0, 0.05) is 32.7 Å². The minimum atomic E-state index is 0.844. The van der Waals surface area contributed by atoms with Crippen molar-refractivity contribution in [1.29, 1.82) is 0 Å². The largest absolute Gasteiger partial charge is 0.306 e. The highest BCUT2D eigenvalue weighted by molar-refractivity contribution is 5.14. The second-order valence-electron chi connectivity index (χ2n) is 7.87. The second kappa shape index (κ2) is 8.27. The van der Waals surface area contributed by atoms with Crippen molar-refractivity contribution in [2.45, 2.75) is 25.8 Å². The Kier molecular flexibility index (Phi) is 6.09. The summed E-state index contributed by atoms with van der Waals surface area (Å²) in [5.74, 6) is 1.73. The van der Waals surface area contributed by atoms with Gasteiger partial charge in [-0.3, -0.25) is 4.90 Å². The lowest BCUT2D eigenvalue weighted by Gasteiger charge is -2.35. The van der Waals surface area contributed by atoms with E-state index >= 15 is 0 Å². The Labute approximate surface area is 142 Å². The van der Waals surface area contributed by atoms with E-state index in [1.807, 2.05) is 0 Å². The molecular formula is C20H33N3. The van der Waals surface area contributed by atoms with Crippen molar-refractivity contribution in [2.75, 3.05) is 53.4 Å². The Balaban J connectivity index is 1.43. The van der Waals surface area contributed by atoms with Gasteiger partial charge in [0.15, 0.2) is 0 Å². The van der Waals surface area contributed by atoms with Gasteiger partial charge in [-0.15, -0.1) is 0 Å². The van der Waals surface area contributed by atoms with Crippen molar-refractivity contribution in [3.8, 4) is 0 Å². The van der Waals surface area contributed by atoms with Crippen LogP contribution in [-0.2, 0) is 6.54 Å². The van der Waals surface area contributed by atoms with Gasteiger partial charge in [0.1, 0.15) is 0 Å². The van der Waals surface area contributed by atoms with E-state index < -0.39 is 0 Å². The van der Waals surface area contributed by atoms with Crippen molar-refractivity contribution in [1.82, 2.24) is 14.7 Å². The first kappa shape index (κ1) is 16.9. The van der Waals surface area contributed by atoms with E-state index in [9.17, 15) is 0 Å². The third kappa shape index (κ3) is 5.30. The molecule has 2 fully saturated rings. The smallest absolute Gasteiger partial charge is 0.0233 e. The number of hydrogen-bond acceptors (Lipinski definition) is 3. The van der Waals surface area contributed by atoms with Gasteiger partial charge in [-0.2, -0.15) is 0 Å². The molecule has 0 saturated carbocycles. The fourth-order valence-electron chi connectivity index (χ4n) is 4.42. The van der Waals surface area contributed by atoms with Gasteiger partial charge < -0.3 is 9.80 Å². The molecule has 0 radical (unpaired) electrons. The van der Waals surface area contributed by atoms with Gasteiger partial charge in [-0.05, 0) is 63.8 Å². The summed E-state index contributed by atoms with van der Waals surface area (Å²) in [7, 11) is 4.58. The summed E-state index contributed by atoms with van der Waals surface area (Å²) in [6.07, 6.45) is 4.14. The third-order valence-corrected chi connectivity index (χ3v) is 5.48. The molecule has 3 rings (SSSR count). The highest BCUT2D eigenvalue weighted by Crippen LogP contribution is 2.21. The quantitative estimate of drug-likeness (QED) is 0.799. The van der Waals surface area contributed by atoms with E-state index in [1.165, 1.54) is 64.1 Å². The summed E-state index contributed by atoms with van der Waals surface area (Å²) in [5.41, 5.74) is 1.45. The molecule has 1 aromatic rings. The van der Waals surface area contributed by atoms with Crippen LogP contribution in [-0.4, -0.2) is 68.1 Å². The van der Waals surface area contributed by atoms with Crippen molar-refractivity contribution < 1.29 is 0 Å². The fourth-order valence-corrected chi connectivity index (χ4v) is 4.42. The van der Waals surface area contributed by atoms with E-state index in [0.717, 1.165) is 18.4 Å². The topological polar surface area (TPSA) is 9.72 Å². The molecule has 3 heteroatoms. The van der Waals surface area contributed by atoms with Gasteiger partial charge in [0.05, 0.1) is 0 Å². The maximum absolute atomic E-state index is 2.65. The summed E-state index contributed by atoms with van der Waals surface area (Å²) in [6.45, 7) is 8.77. The molecule has 128 valence electrons. The van der Waals surface area contributed by atoms with Crippen LogP contribution >= 0.6 is 0 Å². The zero-order valence-corrected chi connectivity index (χ0v) is 15.0. The molecule has 0 N–H and O–H groups in total. The lowest BCUT2D eigenvalue weighted by Crippen LogP contribution is -2.40. The summed E-state index contributed by atoms with van der Waals surface area (Å²) in [6, 6.07) is 10.9. The van der Waals surface area contributed by atoms with Crippen molar-refractivity contribution in [3.05, 3.63) is 35.9 Å². The van der Waals surface area contributed by atoms with Crippen LogP contribution < -0.4 is 0 Å². The first-order chi connectivity index (χ1) is 11.2. The summed E-state index contributed by atoms with van der Waals surface area (Å²) < 4.78 is 0. The number of rotatable bonds is 6. The van der Waals surface area contributed by atoms with E-state index in [4.69, 9.17) is 0 Å². The molecule has 1 aromatic carbocycles. The molecule has 2 aliphatic heterocycles. The fraction of sp³-hybridized carbons (Fsp3) is 0.700. The van der Waals surface area contributed by atoms with Crippen molar-refractivity contribution in [3.63, 3.8) is 0 Å². The number of piperidine rings is 1. The number of hydrogen-bond donors (Lipinski definition) is 0. The van der Waals surface area contributed by atoms with Gasteiger partial charge in [0.25, 0.3) is 0 Å². The maximum atomic E-state index is 2.65. The highest BCUT2D eigenvalue weighted by Gasteiger charge is 2.24. The highest BCUT2D eigenvalue weighted by atomic mass is 15.2. The van der Waals surface area contributed by atoms with Crippen LogP contribution in [0.15, 0.2) is 30.3 Å². The molecule has 23 heavy (non-hydrogen) atoms. The first-order valence-corrected chi connectivity index (χ1v) is 9.32. The van der Waals surface area contributed by atoms with Gasteiger partial charge in [-0.1, -0.05) is 30.3 Å². The van der Waals surface area contributed by atoms with E-state index in [1.54, 1.807) is 0 Å². The summed E-state index contributed by atoms with van der Waals surface area (Å²) in [4.78, 5) is 7.72. The van der Waals surface area contributed by atoms with Crippen LogP contribution in [0.3, 0.4) is 0 Å². The predicted molar refractivity (Wildman–Crippen MR) is 97.5 cm³/mol. The standard InChI is InChI=1S/C20H33N3/c1-21-12-10-20(13-21)15-22(2)14-19-9-6-11-23(17-19)16-18-7-4-3-5-8-18/h3-5,7-8,19-20H,6,9-17H2,1-2H3/t19-,20-/m1/s1. The maximum Gasteiger partial charge on any atom is 0.0233 e. The number of likely N-dealkylation sites (tertiary alicyclic amines) is 2. The second-order valence-corrected chi connectivity index (χ2v) is 7.87. The normalized spacial score (nSPS) is 26.9. The molecule has 0 spiro atoms. The average Bonchev–Trinajstić information content (AvgIpc) is 2.93. The Morgan fingerprint density at radius 3 is 2.43 bits per heavy atom. The molecule has 3 nitrogen and oxygen atoms in total. The Morgan fingerprint density at radius 1 is 1.00 bits per heavy atom. The Bertz CT molecular complexity index is 461. The molecular weight excluding hydrogens is 282 g/mol. The Morgan fingerprint density at radius 2 is 1.74 bits per heavy atom. The zero-order chi connectivity index (χ0) is 16.1. The van der Waals surface area contributed by atoms with Crippen LogP contribution in [0.25, 0.3) is 0 Å². The summed E-state index contributed by atoms with van der Waals surface area (Å²) >= 11 is 0. The average molecular weight is 316 g/mol. The molecule has 2 aliphatic rings.